The molecular weight excluding hydrogens is 461 g/mol. The van der Waals surface area contributed by atoms with Gasteiger partial charge in [0.25, 0.3) is 5.56 Å². The van der Waals surface area contributed by atoms with Gasteiger partial charge in [0.05, 0.1) is 17.8 Å². The molecule has 0 radical (unpaired) electrons. The molecule has 0 aliphatic rings. The van der Waals surface area contributed by atoms with Gasteiger partial charge in [-0.2, -0.15) is 0 Å². The van der Waals surface area contributed by atoms with E-state index in [0.717, 1.165) is 32.1 Å². The lowest BCUT2D eigenvalue weighted by Gasteiger charge is -2.24. The van der Waals surface area contributed by atoms with Crippen LogP contribution in [0.5, 0.6) is 0 Å². The Hall–Kier alpha value is -4.46. The highest BCUT2D eigenvalue weighted by Gasteiger charge is 2.22. The van der Waals surface area contributed by atoms with Gasteiger partial charge in [-0.25, -0.2) is 9.37 Å². The van der Waals surface area contributed by atoms with Crippen LogP contribution in [0.1, 0.15) is 25.5 Å². The van der Waals surface area contributed by atoms with Crippen LogP contribution in [0.4, 0.5) is 10.1 Å². The molecule has 1 atom stereocenters. The number of hydrogen-bond donors (Lipinski definition) is 2. The minimum atomic E-state index is -1.23. The second-order valence-corrected chi connectivity index (χ2v) is 8.98. The molecule has 2 heterocycles. The summed E-state index contributed by atoms with van der Waals surface area (Å²) in [6.07, 6.45) is 1.34. The Kier molecular flexibility index (Phi) is 6.01. The van der Waals surface area contributed by atoms with Crippen LogP contribution in [0.25, 0.3) is 33.3 Å². The van der Waals surface area contributed by atoms with Gasteiger partial charge < -0.3 is 14.8 Å². The van der Waals surface area contributed by atoms with Crippen LogP contribution in [0.2, 0.25) is 0 Å². The number of nitrogens with zero attached hydrogens (tertiary/aromatic N) is 2. The van der Waals surface area contributed by atoms with E-state index in [1.165, 1.54) is 24.4 Å². The monoisotopic (exact) mass is 485 g/mol. The molecule has 0 bridgehead atoms. The third-order valence-corrected chi connectivity index (χ3v) is 6.19. The average Bonchev–Trinajstić information content (AvgIpc) is 3.22. The Morgan fingerprint density at radius 2 is 1.78 bits per heavy atom. The molecule has 8 heteroatoms. The van der Waals surface area contributed by atoms with E-state index in [1.807, 2.05) is 56.3 Å². The lowest BCUT2D eigenvalue weighted by atomic mass is 9.94. The number of rotatable bonds is 7. The Labute approximate surface area is 205 Å². The standard InChI is InChI=1S/C28H24FN3O4/c1-16(2)26(17-11-12-24-20(13-17)18-7-4-6-10-23(18)36-24)31-22-14-30-27(19-8-3-5-9-21(19)29)32(28(22)35)15-25(33)34/h3-14,16,26,31H,15H2,1-2H3,(H,33,34)/t26-/m1/s1. The Bertz CT molecular complexity index is 1650. The van der Waals surface area contributed by atoms with Crippen LogP contribution >= 0.6 is 0 Å². The fraction of sp³-hybridized carbons (Fsp3) is 0.179. The molecule has 0 fully saturated rings. The van der Waals surface area contributed by atoms with Gasteiger partial charge in [-0.1, -0.05) is 50.2 Å². The van der Waals surface area contributed by atoms with Gasteiger partial charge in [0.1, 0.15) is 35.0 Å². The lowest BCUT2D eigenvalue weighted by molar-refractivity contribution is -0.137. The van der Waals surface area contributed by atoms with Crippen molar-refractivity contribution in [2.45, 2.75) is 26.4 Å². The number of benzene rings is 3. The van der Waals surface area contributed by atoms with Crippen molar-refractivity contribution in [3.05, 3.63) is 94.7 Å². The number of carbonyl (C=O) groups is 1. The molecule has 0 amide bonds. The molecule has 0 aliphatic carbocycles. The summed E-state index contributed by atoms with van der Waals surface area (Å²) in [7, 11) is 0. The predicted octanol–water partition coefficient (Wildman–Crippen LogP) is 5.84. The molecule has 0 unspecified atom stereocenters. The van der Waals surface area contributed by atoms with Crippen LogP contribution in [-0.2, 0) is 11.3 Å². The lowest BCUT2D eigenvalue weighted by Crippen LogP contribution is -2.30. The summed E-state index contributed by atoms with van der Waals surface area (Å²) in [4.78, 5) is 29.2. The third kappa shape index (κ3) is 4.22. The first-order valence-electron chi connectivity index (χ1n) is 11.6. The Morgan fingerprint density at radius 3 is 2.53 bits per heavy atom. The van der Waals surface area contributed by atoms with Gasteiger partial charge >= 0.3 is 5.97 Å². The molecule has 36 heavy (non-hydrogen) atoms. The quantitative estimate of drug-likeness (QED) is 0.300. The highest BCUT2D eigenvalue weighted by molar-refractivity contribution is 6.05. The van der Waals surface area contributed by atoms with Crippen molar-refractivity contribution in [3.63, 3.8) is 0 Å². The van der Waals surface area contributed by atoms with E-state index in [4.69, 9.17) is 4.42 Å². The average molecular weight is 486 g/mol. The normalized spacial score (nSPS) is 12.3. The molecule has 0 saturated heterocycles. The summed E-state index contributed by atoms with van der Waals surface area (Å²) in [5.74, 6) is -1.80. The summed E-state index contributed by atoms with van der Waals surface area (Å²) in [5, 5.41) is 14.7. The third-order valence-electron chi connectivity index (χ3n) is 6.19. The van der Waals surface area contributed by atoms with Crippen LogP contribution in [0, 0.1) is 11.7 Å². The van der Waals surface area contributed by atoms with Crippen LogP contribution in [0.3, 0.4) is 0 Å². The molecule has 182 valence electrons. The zero-order valence-electron chi connectivity index (χ0n) is 19.7. The fourth-order valence-corrected chi connectivity index (χ4v) is 4.47. The molecule has 7 nitrogen and oxygen atoms in total. The van der Waals surface area contributed by atoms with Crippen molar-refractivity contribution in [2.24, 2.45) is 5.92 Å². The van der Waals surface area contributed by atoms with E-state index in [1.54, 1.807) is 6.07 Å². The van der Waals surface area contributed by atoms with E-state index < -0.39 is 23.9 Å². The summed E-state index contributed by atoms with van der Waals surface area (Å²) < 4.78 is 21.4. The second kappa shape index (κ2) is 9.30. The Balaban J connectivity index is 1.58. The van der Waals surface area contributed by atoms with Crippen molar-refractivity contribution in [1.29, 1.82) is 0 Å². The van der Waals surface area contributed by atoms with Crippen LogP contribution < -0.4 is 10.9 Å². The molecule has 0 aliphatic heterocycles. The molecule has 3 aromatic carbocycles. The van der Waals surface area contributed by atoms with Crippen molar-refractivity contribution in [3.8, 4) is 11.4 Å². The minimum absolute atomic E-state index is 0.0431. The van der Waals surface area contributed by atoms with Crippen molar-refractivity contribution in [2.75, 3.05) is 5.32 Å². The van der Waals surface area contributed by atoms with Gasteiger partial charge in [0, 0.05) is 10.8 Å². The number of anilines is 1. The summed E-state index contributed by atoms with van der Waals surface area (Å²) in [6.45, 7) is 3.39. The molecule has 2 N–H and O–H groups in total. The number of para-hydroxylation sites is 1. The highest BCUT2D eigenvalue weighted by Crippen LogP contribution is 2.33. The second-order valence-electron chi connectivity index (χ2n) is 8.98. The molecule has 2 aromatic heterocycles. The van der Waals surface area contributed by atoms with E-state index in [0.29, 0.717) is 0 Å². The van der Waals surface area contributed by atoms with E-state index in [2.05, 4.69) is 10.3 Å². The maximum atomic E-state index is 14.4. The molecular formula is C28H24FN3O4. The number of fused-ring (bicyclic) bond motifs is 3. The zero-order valence-corrected chi connectivity index (χ0v) is 19.7. The number of carboxylic acid groups (broad SMARTS) is 1. The van der Waals surface area contributed by atoms with E-state index >= 15 is 0 Å². The molecule has 5 rings (SSSR count). The number of furan rings is 1. The Morgan fingerprint density at radius 1 is 1.06 bits per heavy atom. The van der Waals surface area contributed by atoms with E-state index in [-0.39, 0.29) is 29.0 Å². The van der Waals surface area contributed by atoms with Crippen LogP contribution in [0.15, 0.2) is 82.1 Å². The molecule has 5 aromatic rings. The molecule has 0 saturated carbocycles. The van der Waals surface area contributed by atoms with Crippen molar-refractivity contribution >= 4 is 33.6 Å². The first kappa shape index (κ1) is 23.3. The topological polar surface area (TPSA) is 97.4 Å². The number of hydrogen-bond acceptors (Lipinski definition) is 5. The first-order valence-corrected chi connectivity index (χ1v) is 11.6. The fourth-order valence-electron chi connectivity index (χ4n) is 4.47. The summed E-state index contributed by atoms with van der Waals surface area (Å²) in [6, 6.07) is 19.2. The number of aliphatic carboxylic acids is 1. The van der Waals surface area contributed by atoms with E-state index in [9.17, 15) is 19.1 Å². The number of carboxylic acids is 1. The van der Waals surface area contributed by atoms with Gasteiger partial charge in [-0.3, -0.25) is 14.2 Å². The maximum Gasteiger partial charge on any atom is 0.323 e. The van der Waals surface area contributed by atoms with Gasteiger partial charge in [-0.15, -0.1) is 0 Å². The van der Waals surface area contributed by atoms with Gasteiger partial charge in [0.15, 0.2) is 0 Å². The number of nitrogens with one attached hydrogen (secondary N) is 1. The zero-order chi connectivity index (χ0) is 25.4. The number of halogens is 1. The van der Waals surface area contributed by atoms with Crippen molar-refractivity contribution in [1.82, 2.24) is 9.55 Å². The van der Waals surface area contributed by atoms with Gasteiger partial charge in [-0.05, 0) is 41.8 Å². The summed E-state index contributed by atoms with van der Waals surface area (Å²) in [5.41, 5.74) is 2.09. The minimum Gasteiger partial charge on any atom is -0.480 e. The largest absolute Gasteiger partial charge is 0.480 e. The molecule has 0 spiro atoms. The predicted molar refractivity (Wildman–Crippen MR) is 136 cm³/mol. The first-order chi connectivity index (χ1) is 17.3. The number of aromatic nitrogens is 2. The smallest absolute Gasteiger partial charge is 0.323 e. The highest BCUT2D eigenvalue weighted by atomic mass is 19.1. The van der Waals surface area contributed by atoms with Crippen molar-refractivity contribution < 1.29 is 18.7 Å². The van der Waals surface area contributed by atoms with Gasteiger partial charge in [0.2, 0.25) is 0 Å². The van der Waals surface area contributed by atoms with Crippen LogP contribution in [-0.4, -0.2) is 20.6 Å². The maximum absolute atomic E-state index is 14.4. The summed E-state index contributed by atoms with van der Waals surface area (Å²) >= 11 is 0. The SMILES string of the molecule is CC(C)[C@@H](Nc1cnc(-c2ccccc2F)n(CC(=O)O)c1=O)c1ccc2oc3ccccc3c2c1.